The predicted molar refractivity (Wildman–Crippen MR) is 108 cm³/mol. The summed E-state index contributed by atoms with van der Waals surface area (Å²) in [4.78, 5) is 12.2. The fourth-order valence-corrected chi connectivity index (χ4v) is 2.55. The lowest BCUT2D eigenvalue weighted by molar-refractivity contribution is -0.117. The highest BCUT2D eigenvalue weighted by Crippen LogP contribution is 2.24. The van der Waals surface area contributed by atoms with Crippen molar-refractivity contribution in [3.05, 3.63) is 64.7 Å². The molecule has 0 heterocycles. The lowest BCUT2D eigenvalue weighted by Crippen LogP contribution is -2.25. The van der Waals surface area contributed by atoms with Gasteiger partial charge in [0.15, 0.2) is 0 Å². The lowest BCUT2D eigenvalue weighted by atomic mass is 10.1. The second kappa shape index (κ2) is 9.35. The van der Waals surface area contributed by atoms with E-state index in [1.165, 1.54) is 6.08 Å². The van der Waals surface area contributed by atoms with Gasteiger partial charge in [0.1, 0.15) is 23.1 Å². The van der Waals surface area contributed by atoms with Gasteiger partial charge in [-0.05, 0) is 62.6 Å². The van der Waals surface area contributed by atoms with Crippen LogP contribution in [0.15, 0.2) is 36.4 Å². The first-order valence-electron chi connectivity index (χ1n) is 9.21. The fraction of sp³-hybridized carbons (Fsp3) is 0.318. The van der Waals surface area contributed by atoms with Gasteiger partial charge in [-0.25, -0.2) is 8.78 Å². The molecule has 0 bridgehead atoms. The summed E-state index contributed by atoms with van der Waals surface area (Å²) >= 11 is 0. The van der Waals surface area contributed by atoms with Gasteiger partial charge in [0, 0.05) is 11.6 Å². The summed E-state index contributed by atoms with van der Waals surface area (Å²) in [7, 11) is 0. The maximum Gasteiger partial charge on any atom is 0.244 e. The van der Waals surface area contributed by atoms with Crippen LogP contribution in [0.4, 0.5) is 14.5 Å². The number of anilines is 1. The summed E-state index contributed by atoms with van der Waals surface area (Å²) in [6.07, 6.45) is 3.94. The molecule has 0 saturated heterocycles. The number of benzene rings is 2. The van der Waals surface area contributed by atoms with Crippen LogP contribution < -0.4 is 15.8 Å². The SMILES string of the molecule is CCC(C)Oc1cc(C)ccc1/C=C/C(=O)N[C@H](C)c1cc(F)c(N)c(F)c1. The first kappa shape index (κ1) is 21.4. The Labute approximate surface area is 164 Å². The molecule has 2 aromatic rings. The number of nitrogens with two attached hydrogens (primary N) is 1. The number of hydrogen-bond acceptors (Lipinski definition) is 3. The summed E-state index contributed by atoms with van der Waals surface area (Å²) in [6, 6.07) is 7.38. The van der Waals surface area contributed by atoms with Crippen LogP contribution in [-0.2, 0) is 4.79 Å². The second-order valence-corrected chi connectivity index (χ2v) is 6.84. The number of nitrogens with one attached hydrogen (secondary N) is 1. The summed E-state index contributed by atoms with van der Waals surface area (Å²) < 4.78 is 33.1. The molecule has 0 aliphatic heterocycles. The lowest BCUT2D eigenvalue weighted by Gasteiger charge is -2.16. The number of carbonyl (C=O) groups excluding carboxylic acids is 1. The zero-order valence-electron chi connectivity index (χ0n) is 16.6. The van der Waals surface area contributed by atoms with Crippen LogP contribution in [0.25, 0.3) is 6.08 Å². The van der Waals surface area contributed by atoms with E-state index < -0.39 is 23.4 Å². The van der Waals surface area contributed by atoms with Crippen molar-refractivity contribution < 1.29 is 18.3 Å². The van der Waals surface area contributed by atoms with Gasteiger partial charge < -0.3 is 15.8 Å². The largest absolute Gasteiger partial charge is 0.490 e. The predicted octanol–water partition coefficient (Wildman–Crippen LogP) is 4.92. The molecule has 2 atom stereocenters. The molecule has 0 aliphatic carbocycles. The van der Waals surface area contributed by atoms with Gasteiger partial charge in [-0.1, -0.05) is 19.1 Å². The van der Waals surface area contributed by atoms with Crippen molar-refractivity contribution >= 4 is 17.7 Å². The maximum atomic E-state index is 13.6. The molecule has 1 unspecified atom stereocenters. The van der Waals surface area contributed by atoms with Crippen LogP contribution >= 0.6 is 0 Å². The monoisotopic (exact) mass is 388 g/mol. The van der Waals surface area contributed by atoms with E-state index in [1.54, 1.807) is 13.0 Å². The Kier molecular flexibility index (Phi) is 7.15. The van der Waals surface area contributed by atoms with Gasteiger partial charge in [0.2, 0.25) is 5.91 Å². The molecule has 0 radical (unpaired) electrons. The van der Waals surface area contributed by atoms with E-state index in [0.29, 0.717) is 11.3 Å². The maximum absolute atomic E-state index is 13.6. The molecule has 0 saturated carbocycles. The molecule has 6 heteroatoms. The van der Waals surface area contributed by atoms with Crippen molar-refractivity contribution in [2.45, 2.75) is 46.3 Å². The van der Waals surface area contributed by atoms with E-state index in [0.717, 1.165) is 29.7 Å². The summed E-state index contributed by atoms with van der Waals surface area (Å²) in [5.41, 5.74) is 6.87. The molecule has 0 spiro atoms. The molecule has 0 aromatic heterocycles. The molecule has 2 aromatic carbocycles. The van der Waals surface area contributed by atoms with E-state index >= 15 is 0 Å². The molecular formula is C22H26F2N2O2. The number of amides is 1. The topological polar surface area (TPSA) is 64.3 Å². The number of ether oxygens (including phenoxy) is 1. The van der Waals surface area contributed by atoms with E-state index in [2.05, 4.69) is 5.32 Å². The number of carbonyl (C=O) groups is 1. The third kappa shape index (κ3) is 5.55. The molecule has 3 N–H and O–H groups in total. The summed E-state index contributed by atoms with van der Waals surface area (Å²) in [5, 5.41) is 2.68. The zero-order valence-corrected chi connectivity index (χ0v) is 16.6. The first-order valence-corrected chi connectivity index (χ1v) is 9.21. The molecule has 28 heavy (non-hydrogen) atoms. The summed E-state index contributed by atoms with van der Waals surface area (Å²) in [6.45, 7) is 7.62. The van der Waals surface area contributed by atoms with Crippen LogP contribution in [0, 0.1) is 18.6 Å². The Hall–Kier alpha value is -2.89. The van der Waals surface area contributed by atoms with E-state index in [1.807, 2.05) is 39.0 Å². The van der Waals surface area contributed by atoms with Crippen LogP contribution in [0.2, 0.25) is 0 Å². The van der Waals surface area contributed by atoms with Crippen LogP contribution in [0.1, 0.15) is 49.9 Å². The van der Waals surface area contributed by atoms with Gasteiger partial charge in [-0.15, -0.1) is 0 Å². The molecule has 0 aliphatic rings. The number of hydrogen-bond donors (Lipinski definition) is 2. The Bertz CT molecular complexity index is 858. The minimum absolute atomic E-state index is 0.0538. The highest BCUT2D eigenvalue weighted by Gasteiger charge is 2.14. The van der Waals surface area contributed by atoms with E-state index in [-0.39, 0.29) is 12.0 Å². The molecule has 2 rings (SSSR count). The third-order valence-electron chi connectivity index (χ3n) is 4.45. The average molecular weight is 388 g/mol. The zero-order chi connectivity index (χ0) is 20.8. The number of halogens is 2. The van der Waals surface area contributed by atoms with Crippen molar-refractivity contribution in [1.82, 2.24) is 5.32 Å². The van der Waals surface area contributed by atoms with Crippen molar-refractivity contribution in [1.29, 1.82) is 0 Å². The molecular weight excluding hydrogens is 362 g/mol. The van der Waals surface area contributed by atoms with E-state index in [4.69, 9.17) is 10.5 Å². The minimum atomic E-state index is -0.849. The van der Waals surface area contributed by atoms with Crippen LogP contribution in [0.3, 0.4) is 0 Å². The van der Waals surface area contributed by atoms with Gasteiger partial charge in [-0.2, -0.15) is 0 Å². The van der Waals surface area contributed by atoms with Gasteiger partial charge in [0.05, 0.1) is 12.1 Å². The van der Waals surface area contributed by atoms with Crippen LogP contribution in [0.5, 0.6) is 5.75 Å². The fourth-order valence-electron chi connectivity index (χ4n) is 2.55. The highest BCUT2D eigenvalue weighted by molar-refractivity contribution is 5.92. The second-order valence-electron chi connectivity index (χ2n) is 6.84. The Morgan fingerprint density at radius 2 is 1.86 bits per heavy atom. The first-order chi connectivity index (χ1) is 13.2. The van der Waals surface area contributed by atoms with Gasteiger partial charge >= 0.3 is 0 Å². The normalized spacial score (nSPS) is 13.4. The number of nitrogen functional groups attached to an aromatic ring is 1. The number of rotatable bonds is 7. The number of aryl methyl sites for hydroxylation is 1. The van der Waals surface area contributed by atoms with Crippen LogP contribution in [-0.4, -0.2) is 12.0 Å². The third-order valence-corrected chi connectivity index (χ3v) is 4.45. The highest BCUT2D eigenvalue weighted by atomic mass is 19.1. The van der Waals surface area contributed by atoms with Gasteiger partial charge in [0.25, 0.3) is 0 Å². The average Bonchev–Trinajstić information content (AvgIpc) is 2.64. The minimum Gasteiger partial charge on any atom is -0.490 e. The van der Waals surface area contributed by atoms with Crippen molar-refractivity contribution in [3.8, 4) is 5.75 Å². The Balaban J connectivity index is 2.11. The molecule has 0 fully saturated rings. The standard InChI is InChI=1S/C22H26F2N2O2/c1-5-14(3)28-20-10-13(2)6-7-16(20)8-9-21(27)26-15(4)17-11-18(23)22(25)19(24)12-17/h6-12,14-15H,5,25H2,1-4H3,(H,26,27)/b9-8+/t14?,15-/m1/s1. The smallest absolute Gasteiger partial charge is 0.244 e. The Morgan fingerprint density at radius 1 is 1.21 bits per heavy atom. The quantitative estimate of drug-likeness (QED) is 0.522. The Morgan fingerprint density at radius 3 is 2.46 bits per heavy atom. The van der Waals surface area contributed by atoms with E-state index in [9.17, 15) is 13.6 Å². The van der Waals surface area contributed by atoms with Gasteiger partial charge in [-0.3, -0.25) is 4.79 Å². The molecule has 1 amide bonds. The van der Waals surface area contributed by atoms with Crippen molar-refractivity contribution in [3.63, 3.8) is 0 Å². The van der Waals surface area contributed by atoms with Crippen molar-refractivity contribution in [2.24, 2.45) is 0 Å². The summed E-state index contributed by atoms with van der Waals surface area (Å²) in [5.74, 6) is -1.38. The molecule has 4 nitrogen and oxygen atoms in total. The van der Waals surface area contributed by atoms with Crippen molar-refractivity contribution in [2.75, 3.05) is 5.73 Å². The molecule has 150 valence electrons.